The van der Waals surface area contributed by atoms with Gasteiger partial charge in [0.2, 0.25) is 5.91 Å². The molecule has 0 heterocycles. The van der Waals surface area contributed by atoms with Gasteiger partial charge in [-0.2, -0.15) is 0 Å². The molecule has 134 valence electrons. The molecule has 2 rings (SSSR count). The van der Waals surface area contributed by atoms with Gasteiger partial charge in [0.05, 0.1) is 19.8 Å². The third kappa shape index (κ3) is 5.61. The zero-order valence-corrected chi connectivity index (χ0v) is 15.2. The lowest BCUT2D eigenvalue weighted by Gasteiger charge is -2.21. The van der Waals surface area contributed by atoms with E-state index in [0.717, 1.165) is 24.2 Å². The summed E-state index contributed by atoms with van der Waals surface area (Å²) in [4.78, 5) is 13.9. The number of aryl methyl sites for hydroxylation is 2. The third-order valence-electron chi connectivity index (χ3n) is 4.47. The Morgan fingerprint density at radius 3 is 2.48 bits per heavy atom. The van der Waals surface area contributed by atoms with Crippen molar-refractivity contribution in [1.29, 1.82) is 0 Å². The molecule has 1 atom stereocenters. The highest BCUT2D eigenvalue weighted by molar-refractivity contribution is 5.75. The lowest BCUT2D eigenvalue weighted by Crippen LogP contribution is -2.31. The summed E-state index contributed by atoms with van der Waals surface area (Å²) in [6.07, 6.45) is 1.50. The second-order valence-electron chi connectivity index (χ2n) is 6.34. The number of rotatable bonds is 8. The van der Waals surface area contributed by atoms with E-state index in [9.17, 15) is 9.90 Å². The van der Waals surface area contributed by atoms with Crippen molar-refractivity contribution >= 4 is 5.91 Å². The Bertz CT molecular complexity index is 682. The molecule has 0 spiro atoms. The van der Waals surface area contributed by atoms with E-state index in [0.29, 0.717) is 6.42 Å². The highest BCUT2D eigenvalue weighted by atomic mass is 16.5. The van der Waals surface area contributed by atoms with Gasteiger partial charge in [-0.25, -0.2) is 0 Å². The lowest BCUT2D eigenvalue weighted by atomic mass is 10.0. The van der Waals surface area contributed by atoms with Crippen molar-refractivity contribution < 1.29 is 14.6 Å². The molecule has 1 N–H and O–H groups in total. The average molecular weight is 341 g/mol. The van der Waals surface area contributed by atoms with Crippen LogP contribution in [0.4, 0.5) is 0 Å². The minimum atomic E-state index is -0.698. The predicted octanol–water partition coefficient (Wildman–Crippen LogP) is 3.52. The second kappa shape index (κ2) is 9.23. The monoisotopic (exact) mass is 341 g/mol. The summed E-state index contributed by atoms with van der Waals surface area (Å²) < 4.78 is 5.11. The molecule has 2 aromatic carbocycles. The van der Waals surface area contributed by atoms with Crippen LogP contribution in [0.5, 0.6) is 5.75 Å². The maximum atomic E-state index is 12.3. The Morgan fingerprint density at radius 1 is 1.16 bits per heavy atom. The van der Waals surface area contributed by atoms with Crippen molar-refractivity contribution in [2.75, 3.05) is 20.7 Å². The third-order valence-corrected chi connectivity index (χ3v) is 4.47. The largest absolute Gasteiger partial charge is 0.497 e. The highest BCUT2D eigenvalue weighted by Crippen LogP contribution is 2.18. The van der Waals surface area contributed by atoms with Crippen LogP contribution in [0, 0.1) is 6.92 Å². The summed E-state index contributed by atoms with van der Waals surface area (Å²) in [7, 11) is 3.34. The molecule has 0 radical (unpaired) electrons. The molecule has 0 aromatic heterocycles. The molecular weight excluding hydrogens is 314 g/mol. The van der Waals surface area contributed by atoms with Gasteiger partial charge >= 0.3 is 0 Å². The minimum Gasteiger partial charge on any atom is -0.497 e. The number of carbonyl (C=O) groups excluding carboxylic acids is 1. The van der Waals surface area contributed by atoms with Gasteiger partial charge < -0.3 is 14.7 Å². The number of hydrogen-bond acceptors (Lipinski definition) is 3. The van der Waals surface area contributed by atoms with E-state index in [4.69, 9.17) is 4.74 Å². The molecule has 0 aliphatic rings. The number of carbonyl (C=O) groups is 1. The van der Waals surface area contributed by atoms with Crippen LogP contribution in [0.1, 0.15) is 35.6 Å². The minimum absolute atomic E-state index is 0.0566. The van der Waals surface area contributed by atoms with E-state index in [1.54, 1.807) is 19.1 Å². The molecule has 1 unspecified atom stereocenters. The van der Waals surface area contributed by atoms with Crippen molar-refractivity contribution in [2.45, 2.75) is 32.3 Å². The molecule has 0 bridgehead atoms. The summed E-state index contributed by atoms with van der Waals surface area (Å²) in [6.45, 7) is 2.38. The number of aliphatic hydroxyl groups is 1. The molecule has 0 fully saturated rings. The maximum absolute atomic E-state index is 12.3. The Labute approximate surface area is 150 Å². The Balaban J connectivity index is 1.80. The first-order chi connectivity index (χ1) is 12.0. The fourth-order valence-corrected chi connectivity index (χ4v) is 2.80. The number of nitrogens with zero attached hydrogens (tertiary/aromatic N) is 1. The van der Waals surface area contributed by atoms with E-state index in [-0.39, 0.29) is 12.5 Å². The predicted molar refractivity (Wildman–Crippen MR) is 99.7 cm³/mol. The topological polar surface area (TPSA) is 49.8 Å². The van der Waals surface area contributed by atoms with Gasteiger partial charge in [-0.1, -0.05) is 36.4 Å². The Morgan fingerprint density at radius 2 is 1.84 bits per heavy atom. The SMILES string of the molecule is COc1ccc(C(O)CN(C)C(=O)CCCc2ccccc2C)cc1. The normalized spacial score (nSPS) is 11.8. The number of aliphatic hydroxyl groups excluding tert-OH is 1. The Hall–Kier alpha value is -2.33. The first-order valence-electron chi connectivity index (χ1n) is 8.61. The summed E-state index contributed by atoms with van der Waals surface area (Å²) in [6, 6.07) is 15.5. The Kier molecular flexibility index (Phi) is 7.02. The second-order valence-corrected chi connectivity index (χ2v) is 6.34. The molecular formula is C21H27NO3. The van der Waals surface area contributed by atoms with Crippen molar-refractivity contribution in [3.8, 4) is 5.75 Å². The van der Waals surface area contributed by atoms with Crippen LogP contribution < -0.4 is 4.74 Å². The van der Waals surface area contributed by atoms with Crippen molar-refractivity contribution in [2.24, 2.45) is 0 Å². The van der Waals surface area contributed by atoms with Gasteiger partial charge in [-0.15, -0.1) is 0 Å². The van der Waals surface area contributed by atoms with Crippen LogP contribution in [0.15, 0.2) is 48.5 Å². The van der Waals surface area contributed by atoms with Crippen LogP contribution in [0.3, 0.4) is 0 Å². The van der Waals surface area contributed by atoms with Gasteiger partial charge in [0.1, 0.15) is 5.75 Å². The molecule has 4 heteroatoms. The summed E-state index contributed by atoms with van der Waals surface area (Å²) in [5.41, 5.74) is 3.33. The zero-order chi connectivity index (χ0) is 18.2. The molecule has 0 aliphatic heterocycles. The smallest absolute Gasteiger partial charge is 0.222 e. The fraction of sp³-hybridized carbons (Fsp3) is 0.381. The van der Waals surface area contributed by atoms with Gasteiger partial charge in [-0.05, 0) is 48.6 Å². The fourth-order valence-electron chi connectivity index (χ4n) is 2.80. The number of benzene rings is 2. The molecule has 4 nitrogen and oxygen atoms in total. The zero-order valence-electron chi connectivity index (χ0n) is 15.2. The van der Waals surface area contributed by atoms with E-state index < -0.39 is 6.10 Å². The van der Waals surface area contributed by atoms with E-state index in [1.807, 2.05) is 36.4 Å². The van der Waals surface area contributed by atoms with Gasteiger partial charge in [0.25, 0.3) is 0 Å². The first kappa shape index (κ1) is 19.0. The van der Waals surface area contributed by atoms with Crippen LogP contribution in [0.25, 0.3) is 0 Å². The number of amides is 1. The number of ether oxygens (including phenoxy) is 1. The molecule has 0 saturated carbocycles. The number of methoxy groups -OCH3 is 1. The van der Waals surface area contributed by atoms with Crippen LogP contribution in [-0.2, 0) is 11.2 Å². The summed E-state index contributed by atoms with van der Waals surface area (Å²) in [5.74, 6) is 0.803. The molecule has 1 amide bonds. The van der Waals surface area contributed by atoms with Gasteiger partial charge in [0.15, 0.2) is 0 Å². The average Bonchev–Trinajstić information content (AvgIpc) is 2.63. The van der Waals surface area contributed by atoms with Gasteiger partial charge in [0, 0.05) is 13.5 Å². The van der Waals surface area contributed by atoms with Gasteiger partial charge in [-0.3, -0.25) is 4.79 Å². The summed E-state index contributed by atoms with van der Waals surface area (Å²) >= 11 is 0. The quantitative estimate of drug-likeness (QED) is 0.799. The lowest BCUT2D eigenvalue weighted by molar-refractivity contribution is -0.131. The molecule has 2 aromatic rings. The van der Waals surface area contributed by atoms with E-state index in [1.165, 1.54) is 11.1 Å². The molecule has 25 heavy (non-hydrogen) atoms. The highest BCUT2D eigenvalue weighted by Gasteiger charge is 2.15. The number of likely N-dealkylation sites (N-methyl/N-ethyl adjacent to an activating group) is 1. The molecule has 0 aliphatic carbocycles. The van der Waals surface area contributed by atoms with Crippen molar-refractivity contribution in [3.63, 3.8) is 0 Å². The summed E-state index contributed by atoms with van der Waals surface area (Å²) in [5, 5.41) is 10.3. The standard InChI is InChI=1S/C21H27NO3/c1-16-7-4-5-8-17(16)9-6-10-21(24)22(2)15-20(23)18-11-13-19(25-3)14-12-18/h4-5,7-8,11-14,20,23H,6,9-10,15H2,1-3H3. The van der Waals surface area contributed by atoms with Crippen LogP contribution >= 0.6 is 0 Å². The molecule has 0 saturated heterocycles. The maximum Gasteiger partial charge on any atom is 0.222 e. The van der Waals surface area contributed by atoms with Crippen molar-refractivity contribution in [1.82, 2.24) is 4.90 Å². The van der Waals surface area contributed by atoms with Crippen LogP contribution in [-0.4, -0.2) is 36.6 Å². The van der Waals surface area contributed by atoms with E-state index >= 15 is 0 Å². The van der Waals surface area contributed by atoms with Crippen molar-refractivity contribution in [3.05, 3.63) is 65.2 Å². The first-order valence-corrected chi connectivity index (χ1v) is 8.61. The van der Waals surface area contributed by atoms with E-state index in [2.05, 4.69) is 19.1 Å². The number of hydrogen-bond donors (Lipinski definition) is 1. The van der Waals surface area contributed by atoms with Crippen LogP contribution in [0.2, 0.25) is 0 Å².